The van der Waals surface area contributed by atoms with E-state index in [2.05, 4.69) is 27.0 Å². The summed E-state index contributed by atoms with van der Waals surface area (Å²) in [5.74, 6) is 1.13. The molecule has 0 aliphatic heterocycles. The standard InChI is InChI=1S/C25H24N6O5/c1-4-9-30-22-20(23(33)31(10-5-2)25(30)36)27-21(28-22)17-13-26-29(14-17)11-8-19(32)18-12-16(24(34)35)7-6-15(18)3/h6-7,12-14H,4-5,9-10H2,1-3H3,(H,27,28)(H,34,35). The highest BCUT2D eigenvalue weighted by Crippen LogP contribution is 2.18. The van der Waals surface area contributed by atoms with Gasteiger partial charge in [0.2, 0.25) is 5.78 Å². The van der Waals surface area contributed by atoms with Gasteiger partial charge in [0.1, 0.15) is 11.3 Å². The molecule has 0 spiro atoms. The molecule has 0 aliphatic carbocycles. The van der Waals surface area contributed by atoms with Crippen LogP contribution in [0.25, 0.3) is 22.6 Å². The van der Waals surface area contributed by atoms with E-state index in [0.717, 1.165) is 0 Å². The molecule has 0 unspecified atom stereocenters. The van der Waals surface area contributed by atoms with Gasteiger partial charge in [0.05, 0.1) is 23.5 Å². The number of aryl methyl sites for hydroxylation is 2. The Balaban J connectivity index is 1.69. The summed E-state index contributed by atoms with van der Waals surface area (Å²) in [7, 11) is 0. The van der Waals surface area contributed by atoms with Gasteiger partial charge >= 0.3 is 11.7 Å². The van der Waals surface area contributed by atoms with Gasteiger partial charge in [-0.25, -0.2) is 14.6 Å². The average molecular weight is 489 g/mol. The SMILES string of the molecule is CCCn1c(=O)c2[nH]c(-c3cnn(C#CC(=O)c4cc(C(=O)O)ccc4C)c3)nc2n(CCC)c1=O. The first-order valence-electron chi connectivity index (χ1n) is 11.4. The van der Waals surface area contributed by atoms with E-state index in [4.69, 9.17) is 5.11 Å². The summed E-state index contributed by atoms with van der Waals surface area (Å²) in [6.07, 6.45) is 4.33. The molecule has 0 saturated heterocycles. The number of imidazole rings is 1. The highest BCUT2D eigenvalue weighted by atomic mass is 16.4. The van der Waals surface area contributed by atoms with Gasteiger partial charge in [-0.05, 0) is 37.5 Å². The highest BCUT2D eigenvalue weighted by Gasteiger charge is 2.18. The molecule has 0 radical (unpaired) electrons. The summed E-state index contributed by atoms with van der Waals surface area (Å²) >= 11 is 0. The van der Waals surface area contributed by atoms with Gasteiger partial charge in [0.15, 0.2) is 5.65 Å². The van der Waals surface area contributed by atoms with Crippen LogP contribution in [0.5, 0.6) is 0 Å². The first kappa shape index (κ1) is 24.4. The number of Topliss-reactive ketones (excluding diaryl/α,β-unsaturated/α-hetero) is 1. The first-order valence-corrected chi connectivity index (χ1v) is 11.4. The van der Waals surface area contributed by atoms with Gasteiger partial charge in [-0.15, -0.1) is 0 Å². The number of benzene rings is 1. The number of carbonyl (C=O) groups is 2. The van der Waals surface area contributed by atoms with Gasteiger partial charge in [-0.2, -0.15) is 9.78 Å². The number of hydrogen-bond donors (Lipinski definition) is 2. The zero-order chi connectivity index (χ0) is 26.0. The van der Waals surface area contributed by atoms with Crippen molar-refractivity contribution in [1.82, 2.24) is 28.9 Å². The van der Waals surface area contributed by atoms with Gasteiger partial charge in [0, 0.05) is 30.6 Å². The molecule has 4 aromatic rings. The number of fused-ring (bicyclic) bond motifs is 1. The normalized spacial score (nSPS) is 10.9. The maximum absolute atomic E-state index is 12.9. The molecule has 1 aromatic carbocycles. The number of aromatic nitrogens is 6. The molecule has 0 bridgehead atoms. The van der Waals surface area contributed by atoms with E-state index in [9.17, 15) is 19.2 Å². The van der Waals surface area contributed by atoms with E-state index < -0.39 is 23.0 Å². The number of nitrogens with one attached hydrogen (secondary N) is 1. The second-order valence-electron chi connectivity index (χ2n) is 8.25. The largest absolute Gasteiger partial charge is 0.478 e. The van der Waals surface area contributed by atoms with Gasteiger partial charge < -0.3 is 10.1 Å². The molecule has 2 N–H and O–H groups in total. The number of H-pyrrole nitrogens is 1. The predicted molar refractivity (Wildman–Crippen MR) is 132 cm³/mol. The maximum atomic E-state index is 12.9. The molecule has 4 rings (SSSR count). The zero-order valence-corrected chi connectivity index (χ0v) is 20.0. The monoisotopic (exact) mass is 488 g/mol. The van der Waals surface area contributed by atoms with Crippen LogP contribution in [0, 0.1) is 18.9 Å². The molecule has 11 heteroatoms. The predicted octanol–water partition coefficient (Wildman–Crippen LogP) is 2.27. The Morgan fingerprint density at radius 1 is 1.11 bits per heavy atom. The molecule has 0 amide bonds. The fraction of sp³-hybridized carbons (Fsp3) is 0.280. The van der Waals surface area contributed by atoms with E-state index in [1.54, 1.807) is 13.0 Å². The van der Waals surface area contributed by atoms with Crippen molar-refractivity contribution in [3.63, 3.8) is 0 Å². The fourth-order valence-corrected chi connectivity index (χ4v) is 3.83. The Bertz CT molecular complexity index is 1670. The number of aromatic carboxylic acids is 1. The number of hydrogen-bond acceptors (Lipinski definition) is 6. The summed E-state index contributed by atoms with van der Waals surface area (Å²) in [4.78, 5) is 57.0. The number of nitrogens with zero attached hydrogens (tertiary/aromatic N) is 5. The van der Waals surface area contributed by atoms with Crippen molar-refractivity contribution in [3.8, 4) is 23.4 Å². The lowest BCUT2D eigenvalue weighted by Crippen LogP contribution is -2.40. The lowest BCUT2D eigenvalue weighted by molar-refractivity contribution is 0.0697. The third kappa shape index (κ3) is 4.48. The van der Waals surface area contributed by atoms with Crippen LogP contribution in [0.15, 0.2) is 40.2 Å². The van der Waals surface area contributed by atoms with Crippen LogP contribution in [-0.4, -0.2) is 45.7 Å². The van der Waals surface area contributed by atoms with Gasteiger partial charge in [-0.3, -0.25) is 18.7 Å². The molecule has 3 heterocycles. The molecule has 0 saturated carbocycles. The van der Waals surface area contributed by atoms with Crippen molar-refractivity contribution in [1.29, 1.82) is 0 Å². The third-order valence-corrected chi connectivity index (χ3v) is 5.62. The van der Waals surface area contributed by atoms with E-state index in [-0.39, 0.29) is 22.3 Å². The number of rotatable bonds is 7. The molecule has 0 atom stereocenters. The first-order chi connectivity index (χ1) is 17.2. The maximum Gasteiger partial charge on any atom is 0.335 e. The lowest BCUT2D eigenvalue weighted by Gasteiger charge is -2.09. The summed E-state index contributed by atoms with van der Waals surface area (Å²) < 4.78 is 3.93. The Kier molecular flexibility index (Phi) is 6.69. The van der Waals surface area contributed by atoms with E-state index in [1.807, 2.05) is 13.8 Å². The minimum Gasteiger partial charge on any atom is -0.478 e. The molecular weight excluding hydrogens is 464 g/mol. The highest BCUT2D eigenvalue weighted by molar-refractivity contribution is 6.10. The second-order valence-corrected chi connectivity index (χ2v) is 8.25. The average Bonchev–Trinajstić information content (AvgIpc) is 3.50. The summed E-state index contributed by atoms with van der Waals surface area (Å²) in [5, 5.41) is 13.3. The Morgan fingerprint density at radius 2 is 1.83 bits per heavy atom. The van der Waals surface area contributed by atoms with Crippen LogP contribution in [0.3, 0.4) is 0 Å². The summed E-state index contributed by atoms with van der Waals surface area (Å²) in [6, 6.07) is 6.88. The Morgan fingerprint density at radius 3 is 2.53 bits per heavy atom. The van der Waals surface area contributed by atoms with Crippen molar-refractivity contribution < 1.29 is 14.7 Å². The topological polar surface area (TPSA) is 145 Å². The van der Waals surface area contributed by atoms with Crippen LogP contribution in [0.1, 0.15) is 53.0 Å². The summed E-state index contributed by atoms with van der Waals surface area (Å²) in [6.45, 7) is 6.25. The number of carboxylic acid groups (broad SMARTS) is 1. The lowest BCUT2D eigenvalue weighted by atomic mass is 10.0. The van der Waals surface area contributed by atoms with Crippen LogP contribution < -0.4 is 11.2 Å². The second kappa shape index (κ2) is 9.87. The Hall–Kier alpha value is -4.72. The van der Waals surface area contributed by atoms with Crippen LogP contribution >= 0.6 is 0 Å². The van der Waals surface area contributed by atoms with Crippen molar-refractivity contribution in [2.24, 2.45) is 0 Å². The van der Waals surface area contributed by atoms with E-state index in [0.29, 0.717) is 42.9 Å². The van der Waals surface area contributed by atoms with Crippen molar-refractivity contribution in [3.05, 3.63) is 68.1 Å². The fourth-order valence-electron chi connectivity index (χ4n) is 3.83. The van der Waals surface area contributed by atoms with Crippen molar-refractivity contribution >= 4 is 22.9 Å². The number of carboxylic acids is 1. The number of ketones is 1. The minimum absolute atomic E-state index is 0.00319. The zero-order valence-electron chi connectivity index (χ0n) is 20.0. The van der Waals surface area contributed by atoms with E-state index in [1.165, 1.54) is 38.3 Å². The van der Waals surface area contributed by atoms with E-state index >= 15 is 0 Å². The summed E-state index contributed by atoms with van der Waals surface area (Å²) in [5.41, 5.74) is 0.993. The molecule has 11 nitrogen and oxygen atoms in total. The van der Waals surface area contributed by atoms with Gasteiger partial charge in [0.25, 0.3) is 5.56 Å². The third-order valence-electron chi connectivity index (χ3n) is 5.62. The molecule has 0 aliphatic rings. The Labute approximate surface area is 205 Å². The number of carbonyl (C=O) groups excluding carboxylic acids is 1. The number of aromatic amines is 1. The molecular formula is C25H24N6O5. The van der Waals surface area contributed by atoms with Crippen molar-refractivity contribution in [2.45, 2.75) is 46.7 Å². The smallest absolute Gasteiger partial charge is 0.335 e. The van der Waals surface area contributed by atoms with Crippen LogP contribution in [-0.2, 0) is 13.1 Å². The van der Waals surface area contributed by atoms with Crippen LogP contribution in [0.4, 0.5) is 0 Å². The molecule has 3 aromatic heterocycles. The van der Waals surface area contributed by atoms with Gasteiger partial charge in [-0.1, -0.05) is 19.9 Å². The van der Waals surface area contributed by atoms with Crippen LogP contribution in [0.2, 0.25) is 0 Å². The quantitative estimate of drug-likeness (QED) is 0.300. The molecule has 184 valence electrons. The minimum atomic E-state index is -1.13. The molecule has 36 heavy (non-hydrogen) atoms. The molecule has 0 fully saturated rings. The van der Waals surface area contributed by atoms with Crippen molar-refractivity contribution in [2.75, 3.05) is 0 Å².